The van der Waals surface area contributed by atoms with Crippen molar-refractivity contribution in [2.24, 2.45) is 0 Å². The zero-order chi connectivity index (χ0) is 20.4. The molecule has 0 spiro atoms. The number of alkyl halides is 6. The minimum Gasteiger partial charge on any atom is -0.377 e. The zero-order valence-corrected chi connectivity index (χ0v) is 14.5. The molecule has 0 bridgehead atoms. The Balaban J connectivity index is 2.08. The number of nitrogens with zero attached hydrogens (tertiary/aromatic N) is 1. The van der Waals surface area contributed by atoms with Gasteiger partial charge in [-0.2, -0.15) is 31.4 Å². The highest BCUT2D eigenvalue weighted by molar-refractivity contribution is 5.28. The van der Waals surface area contributed by atoms with Gasteiger partial charge in [0.1, 0.15) is 0 Å². The fourth-order valence-corrected chi connectivity index (χ4v) is 3.16. The number of morpholine rings is 1. The lowest BCUT2D eigenvalue weighted by molar-refractivity contribution is -0.407. The van der Waals surface area contributed by atoms with E-state index in [2.05, 4.69) is 0 Å². The zero-order valence-electron chi connectivity index (χ0n) is 14.5. The van der Waals surface area contributed by atoms with Gasteiger partial charge in [0.15, 0.2) is 11.6 Å². The summed E-state index contributed by atoms with van der Waals surface area (Å²) in [6, 6.07) is 11.8. The molecule has 2 aromatic carbocycles. The first kappa shape index (κ1) is 20.6. The van der Waals surface area contributed by atoms with Crippen molar-refractivity contribution in [2.75, 3.05) is 13.2 Å². The molecule has 0 aliphatic carbocycles. The van der Waals surface area contributed by atoms with E-state index < -0.39 is 43.8 Å². The smallest absolute Gasteiger partial charge is 0.377 e. The van der Waals surface area contributed by atoms with Crippen LogP contribution >= 0.6 is 0 Å². The summed E-state index contributed by atoms with van der Waals surface area (Å²) in [4.78, 5) is 5.22. The number of hydroxylamine groups is 2. The number of hydrogen-bond acceptors (Lipinski definition) is 3. The van der Waals surface area contributed by atoms with Crippen molar-refractivity contribution in [1.29, 1.82) is 0 Å². The number of halogens is 6. The van der Waals surface area contributed by atoms with Crippen LogP contribution in [0.3, 0.4) is 0 Å². The molecule has 3 nitrogen and oxygen atoms in total. The number of ether oxygens (including phenoxy) is 1. The summed E-state index contributed by atoms with van der Waals surface area (Å²) in [7, 11) is 0. The second-order valence-corrected chi connectivity index (χ2v) is 6.38. The monoisotopic (exact) mass is 405 g/mol. The predicted octanol–water partition coefficient (Wildman–Crippen LogP) is 4.84. The third kappa shape index (κ3) is 3.87. The van der Waals surface area contributed by atoms with Crippen LogP contribution in [0.15, 0.2) is 60.7 Å². The van der Waals surface area contributed by atoms with Gasteiger partial charge in [0, 0.05) is 0 Å². The van der Waals surface area contributed by atoms with Crippen molar-refractivity contribution in [3.63, 3.8) is 0 Å². The summed E-state index contributed by atoms with van der Waals surface area (Å²) >= 11 is 0. The molecule has 1 aliphatic heterocycles. The Bertz CT molecular complexity index is 765. The topological polar surface area (TPSA) is 21.7 Å². The molecule has 2 aromatic rings. The van der Waals surface area contributed by atoms with Gasteiger partial charge >= 0.3 is 12.4 Å². The van der Waals surface area contributed by atoms with Crippen LogP contribution in [0.25, 0.3) is 0 Å². The molecule has 0 saturated carbocycles. The molecule has 2 atom stereocenters. The number of hydrogen-bond donors (Lipinski definition) is 0. The fourth-order valence-electron chi connectivity index (χ4n) is 3.16. The van der Waals surface area contributed by atoms with E-state index in [-0.39, 0.29) is 10.6 Å². The summed E-state index contributed by atoms with van der Waals surface area (Å²) in [6.45, 7) is -2.41. The molecule has 3 rings (SSSR count). The van der Waals surface area contributed by atoms with Gasteiger partial charge in [-0.15, -0.1) is 0 Å². The van der Waals surface area contributed by atoms with Crippen molar-refractivity contribution < 1.29 is 35.9 Å². The summed E-state index contributed by atoms with van der Waals surface area (Å²) < 4.78 is 88.4. The Labute approximate surface area is 157 Å². The maximum absolute atomic E-state index is 14.3. The molecule has 28 heavy (non-hydrogen) atoms. The van der Waals surface area contributed by atoms with Crippen LogP contribution in [0.5, 0.6) is 0 Å². The molecule has 9 heteroatoms. The standard InChI is InChI=1S/C19H17F6NO2/c20-18(21,22)16-12-27-13-17(19(23,24)25,15-9-5-2-6-10-15)26(16)28-11-14-7-3-1-4-8-14/h1-10,16H,11-13H2/t16?,17-/m0/s1. The Morgan fingerprint density at radius 2 is 1.50 bits per heavy atom. The normalized spacial score (nSPS) is 24.3. The van der Waals surface area contributed by atoms with Gasteiger partial charge in [0.2, 0.25) is 0 Å². The lowest BCUT2D eigenvalue weighted by Crippen LogP contribution is -2.68. The highest BCUT2D eigenvalue weighted by atomic mass is 19.4. The first-order chi connectivity index (χ1) is 13.2. The summed E-state index contributed by atoms with van der Waals surface area (Å²) in [6.07, 6.45) is -10.1. The molecule has 1 aliphatic rings. The van der Waals surface area contributed by atoms with Gasteiger partial charge < -0.3 is 4.74 Å². The average molecular weight is 405 g/mol. The van der Waals surface area contributed by atoms with Crippen molar-refractivity contribution in [2.45, 2.75) is 30.5 Å². The summed E-state index contributed by atoms with van der Waals surface area (Å²) in [5.41, 5.74) is -3.04. The van der Waals surface area contributed by atoms with Crippen LogP contribution in [0.2, 0.25) is 0 Å². The van der Waals surface area contributed by atoms with Crippen LogP contribution in [-0.4, -0.2) is 36.7 Å². The Morgan fingerprint density at radius 1 is 0.929 bits per heavy atom. The van der Waals surface area contributed by atoms with Gasteiger partial charge in [-0.05, 0) is 11.1 Å². The van der Waals surface area contributed by atoms with Crippen LogP contribution in [0, 0.1) is 0 Å². The molecular formula is C19H17F6NO2. The minimum absolute atomic E-state index is 0.0266. The molecule has 1 heterocycles. The van der Waals surface area contributed by atoms with Gasteiger partial charge in [0.05, 0.1) is 19.8 Å². The molecule has 0 N–H and O–H groups in total. The second kappa shape index (κ2) is 7.73. The van der Waals surface area contributed by atoms with Gasteiger partial charge in [0.25, 0.3) is 0 Å². The lowest BCUT2D eigenvalue weighted by atomic mass is 9.87. The van der Waals surface area contributed by atoms with E-state index in [0.717, 1.165) is 12.1 Å². The van der Waals surface area contributed by atoms with Crippen molar-refractivity contribution in [3.8, 4) is 0 Å². The SMILES string of the molecule is FC(F)(F)C1COC[C@](c2ccccc2)(C(F)(F)F)N1OCc1ccccc1. The van der Waals surface area contributed by atoms with Crippen LogP contribution in [0.4, 0.5) is 26.3 Å². The van der Waals surface area contributed by atoms with Gasteiger partial charge in [-0.1, -0.05) is 60.7 Å². The first-order valence-electron chi connectivity index (χ1n) is 8.39. The van der Waals surface area contributed by atoms with Crippen molar-refractivity contribution >= 4 is 0 Å². The van der Waals surface area contributed by atoms with E-state index in [4.69, 9.17) is 9.57 Å². The van der Waals surface area contributed by atoms with Gasteiger partial charge in [-0.3, -0.25) is 4.84 Å². The molecule has 152 valence electrons. The number of rotatable bonds is 4. The van der Waals surface area contributed by atoms with Crippen LogP contribution in [-0.2, 0) is 21.7 Å². The highest BCUT2D eigenvalue weighted by Gasteiger charge is 2.67. The second-order valence-electron chi connectivity index (χ2n) is 6.38. The van der Waals surface area contributed by atoms with Gasteiger partial charge in [-0.25, -0.2) is 0 Å². The molecule has 1 unspecified atom stereocenters. The van der Waals surface area contributed by atoms with Crippen molar-refractivity contribution in [3.05, 3.63) is 71.8 Å². The van der Waals surface area contributed by atoms with E-state index in [9.17, 15) is 26.3 Å². The molecule has 1 fully saturated rings. The molecule has 0 aromatic heterocycles. The third-order valence-electron chi connectivity index (χ3n) is 4.56. The molecule has 1 saturated heterocycles. The maximum Gasteiger partial charge on any atom is 0.415 e. The van der Waals surface area contributed by atoms with E-state index in [1.54, 1.807) is 30.3 Å². The fraction of sp³-hybridized carbons (Fsp3) is 0.368. The van der Waals surface area contributed by atoms with E-state index in [0.29, 0.717) is 5.56 Å². The first-order valence-corrected chi connectivity index (χ1v) is 8.39. The Kier molecular flexibility index (Phi) is 5.69. The van der Waals surface area contributed by atoms with Crippen LogP contribution in [0.1, 0.15) is 11.1 Å². The molecule has 0 radical (unpaired) electrons. The Hall–Kier alpha value is -2.10. The average Bonchev–Trinajstić information content (AvgIpc) is 2.66. The molecule has 0 amide bonds. The minimum atomic E-state index is -5.09. The lowest BCUT2D eigenvalue weighted by Gasteiger charge is -2.50. The maximum atomic E-state index is 14.3. The van der Waals surface area contributed by atoms with Crippen LogP contribution < -0.4 is 0 Å². The summed E-state index contributed by atoms with van der Waals surface area (Å²) in [5.74, 6) is 0. The van der Waals surface area contributed by atoms with E-state index >= 15 is 0 Å². The van der Waals surface area contributed by atoms with Crippen molar-refractivity contribution in [1.82, 2.24) is 5.06 Å². The number of benzene rings is 2. The van der Waals surface area contributed by atoms with E-state index in [1.807, 2.05) is 0 Å². The predicted molar refractivity (Wildman–Crippen MR) is 87.9 cm³/mol. The quantitative estimate of drug-likeness (QED) is 0.680. The third-order valence-corrected chi connectivity index (χ3v) is 4.56. The molecular weight excluding hydrogens is 388 g/mol. The Morgan fingerprint density at radius 3 is 2.04 bits per heavy atom. The van der Waals surface area contributed by atoms with E-state index in [1.165, 1.54) is 18.2 Å². The highest BCUT2D eigenvalue weighted by Crippen LogP contribution is 2.49. The largest absolute Gasteiger partial charge is 0.415 e. The summed E-state index contributed by atoms with van der Waals surface area (Å²) in [5, 5.41) is 0.0266.